The lowest BCUT2D eigenvalue weighted by Gasteiger charge is -2.26. The maximum atomic E-state index is 3.61. The molecule has 0 amide bonds. The molecule has 0 spiro atoms. The Labute approximate surface area is 96.1 Å². The van der Waals surface area contributed by atoms with Crippen molar-refractivity contribution < 1.29 is 0 Å². The van der Waals surface area contributed by atoms with Gasteiger partial charge in [-0.1, -0.05) is 54.6 Å². The Morgan fingerprint density at radius 1 is 0.938 bits per heavy atom. The normalized spacial score (nSPS) is 23.1. The fraction of sp³-hybridized carbons (Fsp3) is 0.200. The van der Waals surface area contributed by atoms with E-state index in [9.17, 15) is 0 Å². The fourth-order valence-corrected chi connectivity index (χ4v) is 2.56. The van der Waals surface area contributed by atoms with E-state index in [2.05, 4.69) is 66.8 Å². The summed E-state index contributed by atoms with van der Waals surface area (Å²) in [4.78, 5) is 0. The molecule has 0 saturated heterocycles. The Bertz CT molecular complexity index is 504. The number of fused-ring (bicyclic) bond motifs is 1. The van der Waals surface area contributed by atoms with Crippen molar-refractivity contribution >= 4 is 0 Å². The molecule has 2 aromatic carbocycles. The molecule has 1 aliphatic heterocycles. The summed E-state index contributed by atoms with van der Waals surface area (Å²) < 4.78 is 0. The lowest BCUT2D eigenvalue weighted by molar-refractivity contribution is 0.481. The quantitative estimate of drug-likeness (QED) is 0.761. The highest BCUT2D eigenvalue weighted by atomic mass is 15.0. The molecule has 1 heteroatoms. The van der Waals surface area contributed by atoms with Crippen molar-refractivity contribution in [1.82, 2.24) is 5.32 Å². The lowest BCUT2D eigenvalue weighted by atomic mass is 9.85. The van der Waals surface area contributed by atoms with E-state index in [1.54, 1.807) is 0 Å². The molecular formula is C15H15N. The number of hydrogen-bond acceptors (Lipinski definition) is 1. The molecule has 0 saturated carbocycles. The van der Waals surface area contributed by atoms with Crippen molar-refractivity contribution in [2.24, 2.45) is 0 Å². The molecule has 2 aromatic rings. The Kier molecular flexibility index (Phi) is 2.08. The third-order valence-electron chi connectivity index (χ3n) is 3.54. The van der Waals surface area contributed by atoms with Gasteiger partial charge in [0.05, 0.1) is 5.54 Å². The van der Waals surface area contributed by atoms with E-state index in [1.807, 2.05) is 0 Å². The minimum absolute atomic E-state index is 0.0299. The molecule has 3 rings (SSSR count). The first kappa shape index (κ1) is 9.61. The van der Waals surface area contributed by atoms with E-state index in [-0.39, 0.29) is 5.54 Å². The van der Waals surface area contributed by atoms with Crippen LogP contribution in [0.3, 0.4) is 0 Å². The molecule has 1 nitrogen and oxygen atoms in total. The van der Waals surface area contributed by atoms with Gasteiger partial charge in [0.15, 0.2) is 0 Å². The van der Waals surface area contributed by atoms with Gasteiger partial charge >= 0.3 is 0 Å². The van der Waals surface area contributed by atoms with Crippen LogP contribution in [0.1, 0.15) is 23.6 Å². The summed E-state index contributed by atoms with van der Waals surface area (Å²) in [5.74, 6) is 0. The highest BCUT2D eigenvalue weighted by molar-refractivity contribution is 5.45. The molecule has 0 radical (unpaired) electrons. The van der Waals surface area contributed by atoms with Crippen LogP contribution < -0.4 is 5.32 Å². The van der Waals surface area contributed by atoms with Crippen LogP contribution in [0.2, 0.25) is 0 Å². The van der Waals surface area contributed by atoms with Crippen LogP contribution in [0, 0.1) is 0 Å². The van der Waals surface area contributed by atoms with E-state index in [1.165, 1.54) is 16.7 Å². The van der Waals surface area contributed by atoms with E-state index >= 15 is 0 Å². The molecule has 0 bridgehead atoms. The second-order valence-electron chi connectivity index (χ2n) is 4.50. The molecular weight excluding hydrogens is 194 g/mol. The maximum Gasteiger partial charge on any atom is 0.0667 e. The zero-order valence-corrected chi connectivity index (χ0v) is 9.40. The minimum atomic E-state index is -0.0299. The lowest BCUT2D eigenvalue weighted by Crippen LogP contribution is -2.34. The summed E-state index contributed by atoms with van der Waals surface area (Å²) in [5, 5.41) is 3.61. The summed E-state index contributed by atoms with van der Waals surface area (Å²) in [6.07, 6.45) is 0. The number of rotatable bonds is 1. The van der Waals surface area contributed by atoms with Crippen molar-refractivity contribution in [3.8, 4) is 0 Å². The minimum Gasteiger partial charge on any atom is -0.300 e. The Morgan fingerprint density at radius 2 is 1.62 bits per heavy atom. The zero-order chi connectivity index (χ0) is 11.0. The van der Waals surface area contributed by atoms with E-state index in [4.69, 9.17) is 0 Å². The van der Waals surface area contributed by atoms with E-state index < -0.39 is 0 Å². The van der Waals surface area contributed by atoms with Crippen LogP contribution in [0.25, 0.3) is 0 Å². The van der Waals surface area contributed by atoms with Crippen LogP contribution in [-0.4, -0.2) is 0 Å². The molecule has 0 aromatic heterocycles. The van der Waals surface area contributed by atoms with Gasteiger partial charge in [-0.05, 0) is 23.6 Å². The van der Waals surface area contributed by atoms with E-state index in [0.29, 0.717) is 0 Å². The van der Waals surface area contributed by atoms with Gasteiger partial charge in [0.25, 0.3) is 0 Å². The Hall–Kier alpha value is -1.60. The monoisotopic (exact) mass is 209 g/mol. The largest absolute Gasteiger partial charge is 0.300 e. The molecule has 1 atom stereocenters. The topological polar surface area (TPSA) is 12.0 Å². The molecule has 80 valence electrons. The first-order valence-corrected chi connectivity index (χ1v) is 5.70. The summed E-state index contributed by atoms with van der Waals surface area (Å²) in [5.41, 5.74) is 4.12. The molecule has 16 heavy (non-hydrogen) atoms. The maximum absolute atomic E-state index is 3.61. The molecule has 1 unspecified atom stereocenters. The molecule has 0 aliphatic carbocycles. The third kappa shape index (κ3) is 1.29. The molecule has 1 aliphatic rings. The first-order valence-electron chi connectivity index (χ1n) is 5.70. The van der Waals surface area contributed by atoms with Crippen molar-refractivity contribution in [3.05, 3.63) is 71.3 Å². The molecule has 1 N–H and O–H groups in total. The number of nitrogens with one attached hydrogen (secondary N) is 1. The average Bonchev–Trinajstić information content (AvgIpc) is 2.71. The zero-order valence-electron chi connectivity index (χ0n) is 9.40. The fourth-order valence-electron chi connectivity index (χ4n) is 2.56. The van der Waals surface area contributed by atoms with Crippen LogP contribution in [0.5, 0.6) is 0 Å². The molecule has 1 heterocycles. The van der Waals surface area contributed by atoms with Gasteiger partial charge < -0.3 is 0 Å². The summed E-state index contributed by atoms with van der Waals surface area (Å²) in [6.45, 7) is 3.22. The van der Waals surface area contributed by atoms with Gasteiger partial charge in [0.1, 0.15) is 0 Å². The summed E-state index contributed by atoms with van der Waals surface area (Å²) >= 11 is 0. The SMILES string of the molecule is CC1(c2ccccc2)NCc2ccccc21. The standard InChI is InChI=1S/C15H15N/c1-15(13-8-3-2-4-9-13)14-10-6-5-7-12(14)11-16-15/h2-10,16H,11H2,1H3. The van der Waals surface area contributed by atoms with Crippen molar-refractivity contribution in [2.75, 3.05) is 0 Å². The average molecular weight is 209 g/mol. The number of hydrogen-bond donors (Lipinski definition) is 1. The van der Waals surface area contributed by atoms with Gasteiger partial charge in [-0.25, -0.2) is 0 Å². The number of benzene rings is 2. The highest BCUT2D eigenvalue weighted by Crippen LogP contribution is 2.36. The smallest absolute Gasteiger partial charge is 0.0667 e. The van der Waals surface area contributed by atoms with Gasteiger partial charge in [0, 0.05) is 6.54 Å². The van der Waals surface area contributed by atoms with Crippen LogP contribution in [0.15, 0.2) is 54.6 Å². The van der Waals surface area contributed by atoms with Gasteiger partial charge in [0.2, 0.25) is 0 Å². The highest BCUT2D eigenvalue weighted by Gasteiger charge is 2.34. The Balaban J connectivity index is 2.15. The van der Waals surface area contributed by atoms with Crippen LogP contribution in [-0.2, 0) is 12.1 Å². The van der Waals surface area contributed by atoms with Crippen LogP contribution in [0.4, 0.5) is 0 Å². The van der Waals surface area contributed by atoms with Crippen molar-refractivity contribution in [1.29, 1.82) is 0 Å². The second-order valence-corrected chi connectivity index (χ2v) is 4.50. The predicted octanol–water partition coefficient (Wildman–Crippen LogP) is 3.05. The van der Waals surface area contributed by atoms with E-state index in [0.717, 1.165) is 6.54 Å². The van der Waals surface area contributed by atoms with Gasteiger partial charge in [-0.3, -0.25) is 5.32 Å². The summed E-state index contributed by atoms with van der Waals surface area (Å²) in [6, 6.07) is 19.3. The third-order valence-corrected chi connectivity index (χ3v) is 3.54. The van der Waals surface area contributed by atoms with Gasteiger partial charge in [-0.15, -0.1) is 0 Å². The van der Waals surface area contributed by atoms with Gasteiger partial charge in [-0.2, -0.15) is 0 Å². The van der Waals surface area contributed by atoms with Crippen molar-refractivity contribution in [2.45, 2.75) is 19.0 Å². The van der Waals surface area contributed by atoms with Crippen LogP contribution >= 0.6 is 0 Å². The second kappa shape index (κ2) is 3.46. The Morgan fingerprint density at radius 3 is 2.44 bits per heavy atom. The van der Waals surface area contributed by atoms with Crippen molar-refractivity contribution in [3.63, 3.8) is 0 Å². The predicted molar refractivity (Wildman–Crippen MR) is 66.2 cm³/mol. The summed E-state index contributed by atoms with van der Waals surface area (Å²) in [7, 11) is 0. The molecule has 0 fully saturated rings. The first-order chi connectivity index (χ1) is 7.81.